The fourth-order valence-electron chi connectivity index (χ4n) is 3.42. The summed E-state index contributed by atoms with van der Waals surface area (Å²) in [6, 6.07) is 18.3. The lowest BCUT2D eigenvalue weighted by Crippen LogP contribution is -2.30. The molecule has 4 aromatic rings. The summed E-state index contributed by atoms with van der Waals surface area (Å²) < 4.78 is 9.13. The van der Waals surface area contributed by atoms with E-state index in [0.717, 1.165) is 34.4 Å². The third kappa shape index (κ3) is 4.73. The van der Waals surface area contributed by atoms with Gasteiger partial charge in [-0.3, -0.25) is 9.59 Å². The number of carbonyl (C=O) groups is 2. The Hall–Kier alpha value is -2.90. The first-order valence-electron chi connectivity index (χ1n) is 10.4. The average Bonchev–Trinajstić information content (AvgIpc) is 3.38. The number of thiophene rings is 2. The predicted molar refractivity (Wildman–Crippen MR) is 126 cm³/mol. The number of hydrogen-bond donors (Lipinski definition) is 2. The third-order valence-electron chi connectivity index (χ3n) is 5.21. The van der Waals surface area contributed by atoms with Crippen LogP contribution in [0.4, 0.5) is 0 Å². The van der Waals surface area contributed by atoms with Gasteiger partial charge in [0, 0.05) is 27.4 Å². The van der Waals surface area contributed by atoms with E-state index in [1.54, 1.807) is 22.7 Å². The van der Waals surface area contributed by atoms with Crippen molar-refractivity contribution in [2.75, 3.05) is 13.2 Å². The molecule has 0 unspecified atom stereocenters. The van der Waals surface area contributed by atoms with Gasteiger partial charge >= 0.3 is 0 Å². The lowest BCUT2D eigenvalue weighted by molar-refractivity contribution is -0.123. The molecule has 1 saturated carbocycles. The first-order valence-corrected chi connectivity index (χ1v) is 12.0. The van der Waals surface area contributed by atoms with Crippen molar-refractivity contribution in [3.63, 3.8) is 0 Å². The Balaban J connectivity index is 1.11. The van der Waals surface area contributed by atoms with E-state index >= 15 is 0 Å². The standard InChI is InChI=1S/C24H22N2O3S2/c27-22(26-16-7-8-16)14-29-17-9-5-15(6-10-17)11-12-25-24(28)21-13-20-23(31-21)18-3-1-2-4-19(18)30-20/h1-6,9-10,13,16H,7-8,11-12,14H2,(H,25,28)(H,26,27). The van der Waals surface area contributed by atoms with Crippen LogP contribution in [0.5, 0.6) is 5.75 Å². The van der Waals surface area contributed by atoms with Crippen LogP contribution in [0.1, 0.15) is 28.1 Å². The predicted octanol–water partition coefficient (Wildman–Crippen LogP) is 4.75. The maximum atomic E-state index is 12.6. The molecule has 158 valence electrons. The molecular weight excluding hydrogens is 428 g/mol. The first-order chi connectivity index (χ1) is 15.2. The lowest BCUT2D eigenvalue weighted by atomic mass is 10.1. The van der Waals surface area contributed by atoms with E-state index in [0.29, 0.717) is 18.3 Å². The van der Waals surface area contributed by atoms with Crippen molar-refractivity contribution in [3.8, 4) is 5.75 Å². The smallest absolute Gasteiger partial charge is 0.261 e. The Morgan fingerprint density at radius 2 is 1.81 bits per heavy atom. The summed E-state index contributed by atoms with van der Waals surface area (Å²) in [7, 11) is 0. The summed E-state index contributed by atoms with van der Waals surface area (Å²) in [4.78, 5) is 25.0. The van der Waals surface area contributed by atoms with Crippen LogP contribution in [0, 0.1) is 0 Å². The molecule has 31 heavy (non-hydrogen) atoms. The summed E-state index contributed by atoms with van der Waals surface area (Å²) in [5, 5.41) is 7.14. The molecule has 0 saturated heterocycles. The number of fused-ring (bicyclic) bond motifs is 3. The minimum atomic E-state index is -0.0734. The van der Waals surface area contributed by atoms with Gasteiger partial charge in [0.25, 0.3) is 11.8 Å². The number of ether oxygens (including phenoxy) is 1. The summed E-state index contributed by atoms with van der Waals surface area (Å²) in [6.07, 6.45) is 2.87. The molecule has 0 atom stereocenters. The summed E-state index contributed by atoms with van der Waals surface area (Å²) in [6.45, 7) is 0.606. The van der Waals surface area contributed by atoms with Crippen LogP contribution in [-0.2, 0) is 11.2 Å². The maximum Gasteiger partial charge on any atom is 0.261 e. The van der Waals surface area contributed by atoms with Gasteiger partial charge in [0.15, 0.2) is 6.61 Å². The maximum absolute atomic E-state index is 12.6. The highest BCUT2D eigenvalue weighted by Crippen LogP contribution is 2.39. The van der Waals surface area contributed by atoms with Crippen molar-refractivity contribution in [1.29, 1.82) is 0 Å². The Morgan fingerprint density at radius 3 is 2.61 bits per heavy atom. The molecule has 0 radical (unpaired) electrons. The summed E-state index contributed by atoms with van der Waals surface area (Å²) in [5.74, 6) is 0.569. The van der Waals surface area contributed by atoms with Crippen LogP contribution in [0.2, 0.25) is 0 Å². The van der Waals surface area contributed by atoms with E-state index in [-0.39, 0.29) is 18.4 Å². The van der Waals surface area contributed by atoms with Crippen LogP contribution in [0.25, 0.3) is 19.5 Å². The zero-order valence-electron chi connectivity index (χ0n) is 16.9. The quantitative estimate of drug-likeness (QED) is 0.407. The Morgan fingerprint density at radius 1 is 1.00 bits per heavy atom. The number of carbonyl (C=O) groups excluding carboxylic acids is 2. The minimum absolute atomic E-state index is 0.0286. The zero-order chi connectivity index (χ0) is 21.2. The number of rotatable bonds is 8. The summed E-state index contributed by atoms with van der Waals surface area (Å²) in [5.41, 5.74) is 1.10. The molecule has 2 heterocycles. The molecule has 0 spiro atoms. The number of hydrogen-bond acceptors (Lipinski definition) is 5. The van der Waals surface area contributed by atoms with Gasteiger partial charge in [0.1, 0.15) is 5.75 Å². The first kappa shape index (κ1) is 20.0. The topological polar surface area (TPSA) is 67.4 Å². The molecule has 0 bridgehead atoms. The van der Waals surface area contributed by atoms with Gasteiger partial charge in [-0.2, -0.15) is 0 Å². The van der Waals surface area contributed by atoms with Crippen molar-refractivity contribution in [1.82, 2.24) is 10.6 Å². The van der Waals surface area contributed by atoms with Crippen molar-refractivity contribution >= 4 is 54.0 Å². The Kier molecular flexibility index (Phi) is 5.61. The SMILES string of the molecule is O=C(COc1ccc(CCNC(=O)c2cc3sc4ccccc4c3s2)cc1)NC1CC1. The van der Waals surface area contributed by atoms with Crippen molar-refractivity contribution < 1.29 is 14.3 Å². The van der Waals surface area contributed by atoms with Crippen LogP contribution in [0.3, 0.4) is 0 Å². The highest BCUT2D eigenvalue weighted by molar-refractivity contribution is 7.33. The fraction of sp³-hybridized carbons (Fsp3) is 0.250. The number of amides is 2. The fourth-order valence-corrected chi connectivity index (χ4v) is 5.86. The summed E-state index contributed by atoms with van der Waals surface area (Å²) >= 11 is 3.28. The van der Waals surface area contributed by atoms with Gasteiger partial charge in [0.05, 0.1) is 9.58 Å². The van der Waals surface area contributed by atoms with Gasteiger partial charge in [-0.1, -0.05) is 30.3 Å². The monoisotopic (exact) mass is 450 g/mol. The molecule has 1 fully saturated rings. The van der Waals surface area contributed by atoms with Crippen LogP contribution in [0.15, 0.2) is 54.6 Å². The van der Waals surface area contributed by atoms with Gasteiger partial charge in [-0.15, -0.1) is 22.7 Å². The molecule has 1 aliphatic carbocycles. The molecule has 2 N–H and O–H groups in total. The average molecular weight is 451 g/mol. The zero-order valence-corrected chi connectivity index (χ0v) is 18.5. The van der Waals surface area contributed by atoms with E-state index in [2.05, 4.69) is 22.8 Å². The van der Waals surface area contributed by atoms with E-state index in [9.17, 15) is 9.59 Å². The number of nitrogens with one attached hydrogen (secondary N) is 2. The van der Waals surface area contributed by atoms with Gasteiger partial charge in [-0.25, -0.2) is 0 Å². The highest BCUT2D eigenvalue weighted by Gasteiger charge is 2.23. The molecule has 0 aliphatic heterocycles. The Bertz CT molecular complexity index is 1240. The van der Waals surface area contributed by atoms with Crippen molar-refractivity contribution in [2.45, 2.75) is 25.3 Å². The third-order valence-corrected chi connectivity index (χ3v) is 7.62. The van der Waals surface area contributed by atoms with Gasteiger partial charge < -0.3 is 15.4 Å². The van der Waals surface area contributed by atoms with E-state index in [4.69, 9.17) is 4.74 Å². The molecule has 1 aliphatic rings. The van der Waals surface area contributed by atoms with E-state index < -0.39 is 0 Å². The van der Waals surface area contributed by atoms with E-state index in [1.807, 2.05) is 42.5 Å². The molecule has 5 nitrogen and oxygen atoms in total. The molecule has 7 heteroatoms. The highest BCUT2D eigenvalue weighted by atomic mass is 32.1. The minimum Gasteiger partial charge on any atom is -0.484 e. The lowest BCUT2D eigenvalue weighted by Gasteiger charge is -2.08. The van der Waals surface area contributed by atoms with E-state index in [1.165, 1.54) is 14.8 Å². The molecule has 2 amide bonds. The second kappa shape index (κ2) is 8.69. The van der Waals surface area contributed by atoms with Gasteiger partial charge in [0.2, 0.25) is 0 Å². The second-order valence-electron chi connectivity index (χ2n) is 7.68. The molecule has 2 aromatic heterocycles. The van der Waals surface area contributed by atoms with Crippen LogP contribution in [-0.4, -0.2) is 31.0 Å². The van der Waals surface area contributed by atoms with Gasteiger partial charge in [-0.05, 0) is 49.1 Å². The Labute approximate surface area is 188 Å². The largest absolute Gasteiger partial charge is 0.484 e. The van der Waals surface area contributed by atoms with Crippen LogP contribution >= 0.6 is 22.7 Å². The van der Waals surface area contributed by atoms with Crippen molar-refractivity contribution in [2.24, 2.45) is 0 Å². The van der Waals surface area contributed by atoms with Crippen LogP contribution < -0.4 is 15.4 Å². The molecular formula is C24H22N2O3S2. The molecule has 2 aromatic carbocycles. The molecule has 5 rings (SSSR count). The normalized spacial score (nSPS) is 13.4. The number of benzene rings is 2. The second-order valence-corrected chi connectivity index (χ2v) is 9.82. The van der Waals surface area contributed by atoms with Crippen molar-refractivity contribution in [3.05, 3.63) is 65.0 Å².